The van der Waals surface area contributed by atoms with Crippen LogP contribution >= 0.6 is 15.9 Å². The molecular weight excluding hydrogens is 268 g/mol. The average Bonchev–Trinajstić information content (AvgIpc) is 2.73. The van der Waals surface area contributed by atoms with Crippen molar-refractivity contribution >= 4 is 26.8 Å². The lowest BCUT2D eigenvalue weighted by Gasteiger charge is -2.20. The van der Waals surface area contributed by atoms with Crippen LogP contribution < -0.4 is 5.32 Å². The summed E-state index contributed by atoms with van der Waals surface area (Å²) in [6.45, 7) is 2.15. The van der Waals surface area contributed by atoms with Gasteiger partial charge < -0.3 is 9.84 Å². The highest BCUT2D eigenvalue weighted by molar-refractivity contribution is 9.10. The highest BCUT2D eigenvalue weighted by Crippen LogP contribution is 2.32. The molecule has 1 fully saturated rings. The third-order valence-corrected chi connectivity index (χ3v) is 3.67. The van der Waals surface area contributed by atoms with E-state index in [1.807, 2.05) is 12.1 Å². The summed E-state index contributed by atoms with van der Waals surface area (Å²) >= 11 is 3.45. The smallest absolute Gasteiger partial charge is 0.147 e. The molecule has 1 aliphatic rings. The maximum atomic E-state index is 5.51. The number of benzene rings is 1. The van der Waals surface area contributed by atoms with Crippen molar-refractivity contribution in [3.8, 4) is 0 Å². The molecular formula is C12H13BrN2O. The Labute approximate surface area is 102 Å². The largest absolute Gasteiger partial charge is 0.360 e. The molecule has 1 aromatic carbocycles. The summed E-state index contributed by atoms with van der Waals surface area (Å²) in [5, 5.41) is 8.66. The predicted octanol–water partition coefficient (Wildman–Crippen LogP) is 3.06. The van der Waals surface area contributed by atoms with Gasteiger partial charge in [-0.05, 0) is 44.1 Å². The quantitative estimate of drug-likeness (QED) is 0.873. The number of piperidine rings is 1. The number of fused-ring (bicyclic) bond motifs is 1. The van der Waals surface area contributed by atoms with Crippen LogP contribution in [0, 0.1) is 0 Å². The van der Waals surface area contributed by atoms with E-state index in [2.05, 4.69) is 32.5 Å². The highest BCUT2D eigenvalue weighted by atomic mass is 79.9. The van der Waals surface area contributed by atoms with Gasteiger partial charge >= 0.3 is 0 Å². The van der Waals surface area contributed by atoms with E-state index in [0.29, 0.717) is 5.92 Å². The third-order valence-electron chi connectivity index (χ3n) is 3.18. The Hall–Kier alpha value is -0.870. The minimum absolute atomic E-state index is 0.521. The Morgan fingerprint density at radius 3 is 2.94 bits per heavy atom. The Bertz CT molecular complexity index is 503. The molecule has 0 aliphatic carbocycles. The van der Waals surface area contributed by atoms with Gasteiger partial charge in [-0.1, -0.05) is 21.1 Å². The van der Waals surface area contributed by atoms with Crippen molar-refractivity contribution in [3.63, 3.8) is 0 Å². The van der Waals surface area contributed by atoms with Gasteiger partial charge in [0, 0.05) is 15.8 Å². The summed E-state index contributed by atoms with van der Waals surface area (Å²) in [5.74, 6) is 1.58. The number of hydrogen-bond acceptors (Lipinski definition) is 3. The van der Waals surface area contributed by atoms with Crippen LogP contribution in [0.2, 0.25) is 0 Å². The predicted molar refractivity (Wildman–Crippen MR) is 66.6 cm³/mol. The second-order valence-electron chi connectivity index (χ2n) is 4.23. The fourth-order valence-electron chi connectivity index (χ4n) is 2.31. The summed E-state index contributed by atoms with van der Waals surface area (Å²) in [7, 11) is 0. The maximum absolute atomic E-state index is 5.51. The zero-order valence-corrected chi connectivity index (χ0v) is 10.5. The van der Waals surface area contributed by atoms with Gasteiger partial charge in [-0.3, -0.25) is 0 Å². The summed E-state index contributed by atoms with van der Waals surface area (Å²) in [4.78, 5) is 0. The first-order valence-electron chi connectivity index (χ1n) is 5.60. The molecule has 16 heavy (non-hydrogen) atoms. The summed E-state index contributed by atoms with van der Waals surface area (Å²) in [6, 6.07) is 6.14. The lowest BCUT2D eigenvalue weighted by molar-refractivity contribution is 0.333. The van der Waals surface area contributed by atoms with Gasteiger partial charge in [0.2, 0.25) is 0 Å². The molecule has 4 heteroatoms. The van der Waals surface area contributed by atoms with E-state index in [0.717, 1.165) is 47.1 Å². The zero-order chi connectivity index (χ0) is 11.0. The molecule has 1 saturated heterocycles. The van der Waals surface area contributed by atoms with Crippen LogP contribution in [0.15, 0.2) is 27.2 Å². The molecule has 1 aliphatic heterocycles. The van der Waals surface area contributed by atoms with Gasteiger partial charge in [0.1, 0.15) is 11.3 Å². The Kier molecular flexibility index (Phi) is 2.69. The normalized spacial score (nSPS) is 18.1. The van der Waals surface area contributed by atoms with E-state index >= 15 is 0 Å². The van der Waals surface area contributed by atoms with E-state index < -0.39 is 0 Å². The van der Waals surface area contributed by atoms with Crippen LogP contribution in [0.25, 0.3) is 10.9 Å². The van der Waals surface area contributed by atoms with Crippen molar-refractivity contribution in [1.82, 2.24) is 10.5 Å². The van der Waals surface area contributed by atoms with E-state index in [4.69, 9.17) is 4.52 Å². The number of hydrogen-bond donors (Lipinski definition) is 1. The van der Waals surface area contributed by atoms with Crippen LogP contribution in [0.3, 0.4) is 0 Å². The highest BCUT2D eigenvalue weighted by Gasteiger charge is 2.21. The molecule has 1 N–H and O–H groups in total. The van der Waals surface area contributed by atoms with Crippen LogP contribution in [0.5, 0.6) is 0 Å². The van der Waals surface area contributed by atoms with Gasteiger partial charge in [-0.25, -0.2) is 0 Å². The topological polar surface area (TPSA) is 38.1 Å². The molecule has 1 aromatic heterocycles. The molecule has 0 bridgehead atoms. The van der Waals surface area contributed by atoms with E-state index in [9.17, 15) is 0 Å². The summed E-state index contributed by atoms with van der Waals surface area (Å²) < 4.78 is 6.56. The van der Waals surface area contributed by atoms with Crippen molar-refractivity contribution < 1.29 is 4.52 Å². The Balaban J connectivity index is 2.03. The number of nitrogens with one attached hydrogen (secondary N) is 1. The van der Waals surface area contributed by atoms with Crippen LogP contribution in [0.4, 0.5) is 0 Å². The fraction of sp³-hybridized carbons (Fsp3) is 0.417. The van der Waals surface area contributed by atoms with Gasteiger partial charge in [0.25, 0.3) is 0 Å². The summed E-state index contributed by atoms with van der Waals surface area (Å²) in [6.07, 6.45) is 2.28. The van der Waals surface area contributed by atoms with Crippen molar-refractivity contribution in [3.05, 3.63) is 28.4 Å². The standard InChI is InChI=1S/C12H13BrN2O/c13-9-1-2-10-11(7-9)15-16-12(10)8-3-5-14-6-4-8/h1-2,7-8,14H,3-6H2. The Morgan fingerprint density at radius 2 is 2.12 bits per heavy atom. The molecule has 2 heterocycles. The van der Waals surface area contributed by atoms with Crippen LogP contribution in [-0.4, -0.2) is 18.2 Å². The fourth-order valence-corrected chi connectivity index (χ4v) is 2.66. The van der Waals surface area contributed by atoms with Gasteiger partial charge in [0.05, 0.1) is 0 Å². The van der Waals surface area contributed by atoms with Crippen molar-refractivity contribution in [2.45, 2.75) is 18.8 Å². The zero-order valence-electron chi connectivity index (χ0n) is 8.87. The number of halogens is 1. The maximum Gasteiger partial charge on any atom is 0.147 e. The van der Waals surface area contributed by atoms with Gasteiger partial charge in [-0.2, -0.15) is 0 Å². The first-order chi connectivity index (χ1) is 7.84. The number of aromatic nitrogens is 1. The van der Waals surface area contributed by atoms with Crippen LogP contribution in [0.1, 0.15) is 24.5 Å². The van der Waals surface area contributed by atoms with Crippen molar-refractivity contribution in [2.75, 3.05) is 13.1 Å². The first kappa shape index (κ1) is 10.3. The number of nitrogens with zero attached hydrogens (tertiary/aromatic N) is 1. The molecule has 0 unspecified atom stereocenters. The average molecular weight is 281 g/mol. The molecule has 0 radical (unpaired) electrons. The second-order valence-corrected chi connectivity index (χ2v) is 5.15. The second kappa shape index (κ2) is 4.18. The van der Waals surface area contributed by atoms with Crippen molar-refractivity contribution in [2.24, 2.45) is 0 Å². The van der Waals surface area contributed by atoms with E-state index in [-0.39, 0.29) is 0 Å². The van der Waals surface area contributed by atoms with E-state index in [1.165, 1.54) is 0 Å². The van der Waals surface area contributed by atoms with Crippen molar-refractivity contribution in [1.29, 1.82) is 0 Å². The molecule has 3 nitrogen and oxygen atoms in total. The lowest BCUT2D eigenvalue weighted by Crippen LogP contribution is -2.26. The molecule has 3 rings (SSSR count). The molecule has 0 atom stereocenters. The molecule has 2 aromatic rings. The SMILES string of the molecule is Brc1ccc2c(C3CCNCC3)onc2c1. The lowest BCUT2D eigenvalue weighted by atomic mass is 9.93. The minimum atomic E-state index is 0.521. The van der Waals surface area contributed by atoms with Gasteiger partial charge in [0.15, 0.2) is 0 Å². The summed E-state index contributed by atoms with van der Waals surface area (Å²) in [5.41, 5.74) is 0.947. The van der Waals surface area contributed by atoms with Gasteiger partial charge in [-0.15, -0.1) is 0 Å². The minimum Gasteiger partial charge on any atom is -0.360 e. The van der Waals surface area contributed by atoms with E-state index in [1.54, 1.807) is 0 Å². The Morgan fingerprint density at radius 1 is 1.31 bits per heavy atom. The molecule has 84 valence electrons. The molecule has 0 saturated carbocycles. The first-order valence-corrected chi connectivity index (χ1v) is 6.39. The monoisotopic (exact) mass is 280 g/mol. The molecule has 0 spiro atoms. The third kappa shape index (κ3) is 1.76. The molecule has 0 amide bonds. The van der Waals surface area contributed by atoms with Crippen LogP contribution in [-0.2, 0) is 0 Å². The number of rotatable bonds is 1.